The van der Waals surface area contributed by atoms with Crippen LogP contribution < -0.4 is 0 Å². The second-order valence-corrected chi connectivity index (χ2v) is 5.70. The van der Waals surface area contributed by atoms with E-state index in [1.54, 1.807) is 0 Å². The Morgan fingerprint density at radius 2 is 1.12 bits per heavy atom. The van der Waals surface area contributed by atoms with Crippen LogP contribution in [0.5, 0.6) is 0 Å². The third-order valence-electron chi connectivity index (χ3n) is 3.42. The van der Waals surface area contributed by atoms with Gasteiger partial charge in [0.15, 0.2) is 0 Å². The second kappa shape index (κ2) is 19.2. The van der Waals surface area contributed by atoms with Crippen LogP contribution in [0, 0.1) is 0 Å². The van der Waals surface area contributed by atoms with Crippen LogP contribution in [-0.4, -0.2) is 11.1 Å². The fraction of sp³-hybridized carbons (Fsp3) is 0.500. The number of hydrogen-bond donors (Lipinski definition) is 1. The van der Waals surface area contributed by atoms with E-state index in [2.05, 4.69) is 67.7 Å². The summed E-state index contributed by atoms with van der Waals surface area (Å²) in [5.74, 6) is -0.690. The van der Waals surface area contributed by atoms with Crippen molar-refractivity contribution in [3.05, 3.63) is 60.8 Å². The summed E-state index contributed by atoms with van der Waals surface area (Å²) in [6.07, 6.45) is 31.3. The summed E-state index contributed by atoms with van der Waals surface area (Å²) in [5, 5.41) is 8.52. The van der Waals surface area contributed by atoms with E-state index in [-0.39, 0.29) is 0 Å². The standard InChI is InChI=1S/C22H34O2/c1-2-3-4-5-6-7-8-9-10-11-12-13-14-15-16-17-18-19-20-21-22(23)24/h3-4,6-7,9-10,12-13,15-16H,2,5,8,11,14,17-21H2,1H3,(H,23,24)/b4-3-,7-6+,10-9-,13-12-,16-15+. The fourth-order valence-corrected chi connectivity index (χ4v) is 2.08. The quantitative estimate of drug-likeness (QED) is 0.265. The van der Waals surface area contributed by atoms with Gasteiger partial charge in [0, 0.05) is 6.42 Å². The molecular weight excluding hydrogens is 296 g/mol. The van der Waals surface area contributed by atoms with E-state index in [0.29, 0.717) is 6.42 Å². The largest absolute Gasteiger partial charge is 0.481 e. The van der Waals surface area contributed by atoms with Gasteiger partial charge in [0.2, 0.25) is 0 Å². The van der Waals surface area contributed by atoms with Gasteiger partial charge in [-0.05, 0) is 51.4 Å². The molecule has 0 atom stereocenters. The topological polar surface area (TPSA) is 37.3 Å². The third-order valence-corrected chi connectivity index (χ3v) is 3.42. The number of rotatable bonds is 15. The summed E-state index contributed by atoms with van der Waals surface area (Å²) in [6, 6.07) is 0. The maximum absolute atomic E-state index is 10.3. The van der Waals surface area contributed by atoms with Gasteiger partial charge in [-0.25, -0.2) is 0 Å². The number of carbonyl (C=O) groups is 1. The van der Waals surface area contributed by atoms with Gasteiger partial charge in [0.1, 0.15) is 0 Å². The number of carboxylic acid groups (broad SMARTS) is 1. The number of aliphatic carboxylic acids is 1. The van der Waals surface area contributed by atoms with Crippen molar-refractivity contribution >= 4 is 5.97 Å². The van der Waals surface area contributed by atoms with Crippen molar-refractivity contribution in [3.8, 4) is 0 Å². The molecule has 24 heavy (non-hydrogen) atoms. The third kappa shape index (κ3) is 20.2. The normalized spacial score (nSPS) is 12.7. The summed E-state index contributed by atoms with van der Waals surface area (Å²) in [7, 11) is 0. The number of unbranched alkanes of at least 4 members (excludes halogenated alkanes) is 3. The van der Waals surface area contributed by atoms with Crippen LogP contribution in [0.3, 0.4) is 0 Å². The fourth-order valence-electron chi connectivity index (χ4n) is 2.08. The molecule has 0 fully saturated rings. The molecule has 1 N–H and O–H groups in total. The zero-order valence-corrected chi connectivity index (χ0v) is 15.2. The Balaban J connectivity index is 3.42. The Bertz CT molecular complexity index is 425. The highest BCUT2D eigenvalue weighted by atomic mass is 16.4. The highest BCUT2D eigenvalue weighted by molar-refractivity contribution is 5.66. The van der Waals surface area contributed by atoms with Crippen molar-refractivity contribution < 1.29 is 9.90 Å². The molecule has 0 aromatic heterocycles. The van der Waals surface area contributed by atoms with Gasteiger partial charge in [-0.3, -0.25) is 4.79 Å². The molecule has 2 heteroatoms. The molecular formula is C22H34O2. The minimum absolute atomic E-state index is 0.297. The maximum atomic E-state index is 10.3. The minimum Gasteiger partial charge on any atom is -0.481 e. The van der Waals surface area contributed by atoms with Crippen LogP contribution in [0.4, 0.5) is 0 Å². The molecule has 0 aliphatic heterocycles. The van der Waals surface area contributed by atoms with Gasteiger partial charge < -0.3 is 5.11 Å². The SMILES string of the molecule is CC/C=C\C/C=C/C/C=C\C/C=C\C/C=C/CCCCCC(=O)O. The average Bonchev–Trinajstić information content (AvgIpc) is 2.56. The summed E-state index contributed by atoms with van der Waals surface area (Å²) < 4.78 is 0. The molecule has 0 bridgehead atoms. The first-order chi connectivity index (χ1) is 11.8. The second-order valence-electron chi connectivity index (χ2n) is 5.70. The summed E-state index contributed by atoms with van der Waals surface area (Å²) >= 11 is 0. The zero-order valence-electron chi connectivity index (χ0n) is 15.2. The Morgan fingerprint density at radius 1 is 0.667 bits per heavy atom. The predicted octanol–water partition coefficient (Wildman–Crippen LogP) is 6.77. The van der Waals surface area contributed by atoms with Crippen molar-refractivity contribution in [1.29, 1.82) is 0 Å². The predicted molar refractivity (Wildman–Crippen MR) is 105 cm³/mol. The van der Waals surface area contributed by atoms with E-state index >= 15 is 0 Å². The maximum Gasteiger partial charge on any atom is 0.303 e. The van der Waals surface area contributed by atoms with Crippen LogP contribution >= 0.6 is 0 Å². The molecule has 2 nitrogen and oxygen atoms in total. The van der Waals surface area contributed by atoms with Gasteiger partial charge in [-0.15, -0.1) is 0 Å². The molecule has 0 radical (unpaired) electrons. The van der Waals surface area contributed by atoms with Crippen LogP contribution in [0.2, 0.25) is 0 Å². The van der Waals surface area contributed by atoms with E-state index in [1.807, 2.05) is 0 Å². The first-order valence-corrected chi connectivity index (χ1v) is 9.24. The van der Waals surface area contributed by atoms with Gasteiger partial charge in [0.05, 0.1) is 0 Å². The van der Waals surface area contributed by atoms with Crippen molar-refractivity contribution in [2.75, 3.05) is 0 Å². The lowest BCUT2D eigenvalue weighted by Gasteiger charge is -1.94. The van der Waals surface area contributed by atoms with Gasteiger partial charge in [-0.2, -0.15) is 0 Å². The van der Waals surface area contributed by atoms with Crippen molar-refractivity contribution in [1.82, 2.24) is 0 Å². The Labute approximate surface area is 148 Å². The lowest BCUT2D eigenvalue weighted by molar-refractivity contribution is -0.137. The number of carboxylic acids is 1. The van der Waals surface area contributed by atoms with Crippen LogP contribution in [0.15, 0.2) is 60.8 Å². The Kier molecular flexibility index (Phi) is 17.8. The van der Waals surface area contributed by atoms with Crippen LogP contribution in [-0.2, 0) is 4.79 Å². The molecule has 0 aliphatic carbocycles. The molecule has 0 aromatic rings. The molecule has 0 rings (SSSR count). The minimum atomic E-state index is -0.690. The molecule has 0 amide bonds. The zero-order chi connectivity index (χ0) is 17.7. The first kappa shape index (κ1) is 22.2. The van der Waals surface area contributed by atoms with Crippen LogP contribution in [0.25, 0.3) is 0 Å². The Hall–Kier alpha value is -1.83. The molecule has 0 aromatic carbocycles. The molecule has 0 unspecified atom stereocenters. The number of hydrogen-bond acceptors (Lipinski definition) is 1. The van der Waals surface area contributed by atoms with E-state index in [4.69, 9.17) is 5.11 Å². The van der Waals surface area contributed by atoms with Crippen LogP contribution in [0.1, 0.15) is 71.1 Å². The van der Waals surface area contributed by atoms with E-state index < -0.39 is 5.97 Å². The molecule has 0 aliphatic rings. The van der Waals surface area contributed by atoms with E-state index in [1.165, 1.54) is 0 Å². The van der Waals surface area contributed by atoms with Crippen molar-refractivity contribution in [2.24, 2.45) is 0 Å². The van der Waals surface area contributed by atoms with Gasteiger partial charge in [-0.1, -0.05) is 74.1 Å². The van der Waals surface area contributed by atoms with Gasteiger partial charge >= 0.3 is 5.97 Å². The smallest absolute Gasteiger partial charge is 0.303 e. The first-order valence-electron chi connectivity index (χ1n) is 9.24. The van der Waals surface area contributed by atoms with Crippen molar-refractivity contribution in [2.45, 2.75) is 71.1 Å². The van der Waals surface area contributed by atoms with E-state index in [0.717, 1.165) is 57.8 Å². The summed E-state index contributed by atoms with van der Waals surface area (Å²) in [6.45, 7) is 2.15. The Morgan fingerprint density at radius 3 is 1.58 bits per heavy atom. The monoisotopic (exact) mass is 330 g/mol. The molecule has 134 valence electrons. The molecule has 0 spiro atoms. The van der Waals surface area contributed by atoms with E-state index in [9.17, 15) is 4.79 Å². The lowest BCUT2D eigenvalue weighted by Crippen LogP contribution is -1.93. The summed E-state index contributed by atoms with van der Waals surface area (Å²) in [5.41, 5.74) is 0. The highest BCUT2D eigenvalue weighted by Gasteiger charge is 1.94. The average molecular weight is 331 g/mol. The van der Waals surface area contributed by atoms with Crippen molar-refractivity contribution in [3.63, 3.8) is 0 Å². The highest BCUT2D eigenvalue weighted by Crippen LogP contribution is 2.04. The van der Waals surface area contributed by atoms with Gasteiger partial charge in [0.25, 0.3) is 0 Å². The molecule has 0 saturated heterocycles. The number of allylic oxidation sites excluding steroid dienone is 10. The molecule has 0 saturated carbocycles. The molecule has 0 heterocycles. The lowest BCUT2D eigenvalue weighted by atomic mass is 10.1. The summed E-state index contributed by atoms with van der Waals surface area (Å²) in [4.78, 5) is 10.3.